The van der Waals surface area contributed by atoms with Crippen LogP contribution in [0, 0.1) is 17.8 Å². The van der Waals surface area contributed by atoms with Crippen molar-refractivity contribution in [2.45, 2.75) is 38.5 Å². The summed E-state index contributed by atoms with van der Waals surface area (Å²) in [7, 11) is 0. The fraction of sp³-hybridized carbons (Fsp3) is 0.526. The Balaban J connectivity index is 1.46. The number of carboxylic acid groups (broad SMARTS) is 1. The van der Waals surface area contributed by atoms with Gasteiger partial charge in [0.25, 0.3) is 5.91 Å². The van der Waals surface area contributed by atoms with Crippen LogP contribution in [0.15, 0.2) is 24.3 Å². The summed E-state index contributed by atoms with van der Waals surface area (Å²) in [5.41, 5.74) is 1.12. The van der Waals surface area contributed by atoms with Crippen molar-refractivity contribution in [3.8, 4) is 0 Å². The van der Waals surface area contributed by atoms with Crippen LogP contribution in [0.4, 0.5) is 5.69 Å². The molecule has 0 aromatic heterocycles. The lowest BCUT2D eigenvalue weighted by molar-refractivity contribution is -0.136. The molecular weight excluding hydrogens is 320 g/mol. The maximum atomic E-state index is 12.2. The number of amides is 2. The van der Waals surface area contributed by atoms with Crippen molar-refractivity contribution in [2.24, 2.45) is 17.8 Å². The number of benzene rings is 1. The minimum atomic E-state index is -0.950. The maximum absolute atomic E-state index is 12.2. The highest BCUT2D eigenvalue weighted by molar-refractivity contribution is 5.96. The van der Waals surface area contributed by atoms with Crippen LogP contribution in [0.5, 0.6) is 0 Å². The highest BCUT2D eigenvalue weighted by Gasteiger charge is 2.40. The van der Waals surface area contributed by atoms with Gasteiger partial charge in [-0.1, -0.05) is 6.42 Å². The smallest absolute Gasteiger partial charge is 0.305 e. The Kier molecular flexibility index (Phi) is 5.36. The zero-order valence-electron chi connectivity index (χ0n) is 14.2. The van der Waals surface area contributed by atoms with Crippen LogP contribution >= 0.6 is 0 Å². The topological polar surface area (TPSA) is 95.5 Å². The Bertz CT molecular complexity index is 656. The SMILES string of the molecule is O=C(O)CCNC(=O)c1ccc(NC(=O)CC2CC3CCC2C3)cc1. The summed E-state index contributed by atoms with van der Waals surface area (Å²) < 4.78 is 0. The quantitative estimate of drug-likeness (QED) is 0.708. The molecule has 3 N–H and O–H groups in total. The Labute approximate surface area is 147 Å². The van der Waals surface area contributed by atoms with Gasteiger partial charge in [0.1, 0.15) is 0 Å². The average molecular weight is 344 g/mol. The van der Waals surface area contributed by atoms with Gasteiger partial charge < -0.3 is 15.7 Å². The largest absolute Gasteiger partial charge is 0.481 e. The van der Waals surface area contributed by atoms with Crippen molar-refractivity contribution < 1.29 is 19.5 Å². The van der Waals surface area contributed by atoms with Crippen molar-refractivity contribution >= 4 is 23.5 Å². The number of hydrogen-bond donors (Lipinski definition) is 3. The van der Waals surface area contributed by atoms with Crippen LogP contribution in [0.2, 0.25) is 0 Å². The molecule has 2 amide bonds. The summed E-state index contributed by atoms with van der Waals surface area (Å²) in [4.78, 5) is 34.5. The number of hydrogen-bond acceptors (Lipinski definition) is 3. The monoisotopic (exact) mass is 344 g/mol. The lowest BCUT2D eigenvalue weighted by Gasteiger charge is -2.20. The lowest BCUT2D eigenvalue weighted by Crippen LogP contribution is -2.26. The molecular formula is C19H24N2O4. The van der Waals surface area contributed by atoms with Crippen LogP contribution in [0.3, 0.4) is 0 Å². The van der Waals surface area contributed by atoms with E-state index in [9.17, 15) is 14.4 Å². The van der Waals surface area contributed by atoms with E-state index >= 15 is 0 Å². The zero-order chi connectivity index (χ0) is 17.8. The first-order valence-corrected chi connectivity index (χ1v) is 8.91. The summed E-state index contributed by atoms with van der Waals surface area (Å²) in [5.74, 6) is 0.860. The summed E-state index contributed by atoms with van der Waals surface area (Å²) in [6.45, 7) is 0.0935. The standard InChI is InChI=1S/C19H24N2O4/c22-17(11-15-10-12-1-2-14(15)9-12)21-16-5-3-13(4-6-16)19(25)20-8-7-18(23)24/h3-6,12,14-15H,1-2,7-11H2,(H,20,25)(H,21,22)(H,23,24). The van der Waals surface area contributed by atoms with E-state index in [2.05, 4.69) is 10.6 Å². The molecule has 3 rings (SSSR count). The molecule has 1 aromatic carbocycles. The van der Waals surface area contributed by atoms with E-state index in [0.717, 1.165) is 11.8 Å². The molecule has 2 aliphatic rings. The molecule has 0 radical (unpaired) electrons. The van der Waals surface area contributed by atoms with Crippen LogP contribution < -0.4 is 10.6 Å². The highest BCUT2D eigenvalue weighted by Crippen LogP contribution is 2.49. The van der Waals surface area contributed by atoms with Gasteiger partial charge in [-0.2, -0.15) is 0 Å². The lowest BCUT2D eigenvalue weighted by atomic mass is 9.86. The van der Waals surface area contributed by atoms with Gasteiger partial charge in [0.05, 0.1) is 6.42 Å². The summed E-state index contributed by atoms with van der Waals surface area (Å²) in [5, 5.41) is 14.0. The molecule has 2 saturated carbocycles. The molecule has 3 unspecified atom stereocenters. The second-order valence-corrected chi connectivity index (χ2v) is 7.16. The summed E-state index contributed by atoms with van der Waals surface area (Å²) in [6.07, 6.45) is 5.56. The molecule has 3 atom stereocenters. The van der Waals surface area contributed by atoms with Crippen molar-refractivity contribution in [1.29, 1.82) is 0 Å². The van der Waals surface area contributed by atoms with Crippen molar-refractivity contribution in [1.82, 2.24) is 5.32 Å². The molecule has 2 fully saturated rings. The van der Waals surface area contributed by atoms with Crippen molar-refractivity contribution in [3.05, 3.63) is 29.8 Å². The van der Waals surface area contributed by atoms with E-state index < -0.39 is 5.97 Å². The normalized spacial score (nSPS) is 24.1. The van der Waals surface area contributed by atoms with Crippen LogP contribution in [-0.2, 0) is 9.59 Å². The van der Waals surface area contributed by atoms with Crippen LogP contribution in [-0.4, -0.2) is 29.4 Å². The average Bonchev–Trinajstić information content (AvgIpc) is 3.17. The molecule has 6 nitrogen and oxygen atoms in total. The maximum Gasteiger partial charge on any atom is 0.305 e. The molecule has 0 aliphatic heterocycles. The predicted molar refractivity (Wildman–Crippen MR) is 93.2 cm³/mol. The highest BCUT2D eigenvalue weighted by atomic mass is 16.4. The van der Waals surface area contributed by atoms with Gasteiger partial charge >= 0.3 is 5.97 Å². The van der Waals surface area contributed by atoms with Gasteiger partial charge in [0, 0.05) is 24.2 Å². The molecule has 6 heteroatoms. The fourth-order valence-electron chi connectivity index (χ4n) is 4.17. The van der Waals surface area contributed by atoms with Crippen molar-refractivity contribution in [3.63, 3.8) is 0 Å². The molecule has 0 spiro atoms. The van der Waals surface area contributed by atoms with E-state index in [1.807, 2.05) is 0 Å². The van der Waals surface area contributed by atoms with Gasteiger partial charge in [-0.15, -0.1) is 0 Å². The third kappa shape index (κ3) is 4.59. The van der Waals surface area contributed by atoms with E-state index in [-0.39, 0.29) is 24.8 Å². The molecule has 0 heterocycles. The fourth-order valence-corrected chi connectivity index (χ4v) is 4.17. The van der Waals surface area contributed by atoms with Gasteiger partial charge in [-0.05, 0) is 61.3 Å². The van der Waals surface area contributed by atoms with Gasteiger partial charge in [0.2, 0.25) is 5.91 Å². The molecule has 0 saturated heterocycles. The third-order valence-corrected chi connectivity index (χ3v) is 5.39. The van der Waals surface area contributed by atoms with Crippen LogP contribution in [0.1, 0.15) is 48.9 Å². The first kappa shape index (κ1) is 17.5. The molecule has 1 aromatic rings. The Morgan fingerprint density at radius 1 is 1.08 bits per heavy atom. The molecule has 2 bridgehead atoms. The number of anilines is 1. The zero-order valence-corrected chi connectivity index (χ0v) is 14.2. The number of carbonyl (C=O) groups excluding carboxylic acids is 2. The molecule has 134 valence electrons. The molecule has 25 heavy (non-hydrogen) atoms. The van der Waals surface area contributed by atoms with Gasteiger partial charge in [-0.25, -0.2) is 0 Å². The number of rotatable bonds is 7. The minimum absolute atomic E-state index is 0.0382. The number of carbonyl (C=O) groups is 3. The number of carboxylic acids is 1. The number of fused-ring (bicyclic) bond motifs is 2. The second-order valence-electron chi connectivity index (χ2n) is 7.16. The molecule has 2 aliphatic carbocycles. The Morgan fingerprint density at radius 3 is 2.44 bits per heavy atom. The summed E-state index contributed by atoms with van der Waals surface area (Å²) in [6, 6.07) is 6.65. The van der Waals surface area contributed by atoms with E-state index in [4.69, 9.17) is 5.11 Å². The van der Waals surface area contributed by atoms with E-state index in [0.29, 0.717) is 23.6 Å². The summed E-state index contributed by atoms with van der Waals surface area (Å²) >= 11 is 0. The Hall–Kier alpha value is -2.37. The Morgan fingerprint density at radius 2 is 1.84 bits per heavy atom. The first-order chi connectivity index (χ1) is 12.0. The van der Waals surface area contributed by atoms with E-state index in [1.165, 1.54) is 25.7 Å². The van der Waals surface area contributed by atoms with Gasteiger partial charge in [-0.3, -0.25) is 14.4 Å². The van der Waals surface area contributed by atoms with Crippen molar-refractivity contribution in [2.75, 3.05) is 11.9 Å². The van der Waals surface area contributed by atoms with E-state index in [1.54, 1.807) is 24.3 Å². The first-order valence-electron chi connectivity index (χ1n) is 8.91. The minimum Gasteiger partial charge on any atom is -0.481 e. The van der Waals surface area contributed by atoms with Gasteiger partial charge in [0.15, 0.2) is 0 Å². The number of nitrogens with one attached hydrogen (secondary N) is 2. The predicted octanol–water partition coefficient (Wildman–Crippen LogP) is 2.66. The second kappa shape index (κ2) is 7.68. The number of aliphatic carboxylic acids is 1. The van der Waals surface area contributed by atoms with Crippen LogP contribution in [0.25, 0.3) is 0 Å². The third-order valence-electron chi connectivity index (χ3n) is 5.39.